The summed E-state index contributed by atoms with van der Waals surface area (Å²) in [7, 11) is 0. The second kappa shape index (κ2) is 13.8. The molecule has 0 bridgehead atoms. The lowest BCUT2D eigenvalue weighted by Crippen LogP contribution is -2.28. The number of fused-ring (bicyclic) bond motifs is 9. The summed E-state index contributed by atoms with van der Waals surface area (Å²) in [5.74, 6) is 2.30. The zero-order valence-corrected chi connectivity index (χ0v) is 33.9. The molecular weight excluding hydrogens is 755 g/mol. The molecule has 8 aromatic carbocycles. The fourth-order valence-corrected chi connectivity index (χ4v) is 10.1. The maximum Gasteiger partial charge on any atom is 0.164 e. The number of hydrogen-bond acceptors (Lipinski definition) is 4. The molecule has 2 atom stereocenters. The molecule has 13 rings (SSSR count). The van der Waals surface area contributed by atoms with E-state index in [0.29, 0.717) is 17.5 Å². The van der Waals surface area contributed by atoms with Crippen LogP contribution in [0.5, 0.6) is 0 Å². The van der Waals surface area contributed by atoms with Crippen LogP contribution in [-0.2, 0) is 0 Å². The van der Waals surface area contributed by atoms with Crippen LogP contribution in [0.4, 0.5) is 11.4 Å². The van der Waals surface area contributed by atoms with Crippen LogP contribution in [0, 0.1) is 0 Å². The number of allylic oxidation sites excluding steroid dienone is 6. The van der Waals surface area contributed by atoms with Crippen LogP contribution in [0.2, 0.25) is 0 Å². The van der Waals surface area contributed by atoms with Gasteiger partial charge in [-0.05, 0) is 105 Å². The number of aromatic nitrogens is 4. The summed E-state index contributed by atoms with van der Waals surface area (Å²) in [5.41, 5.74) is 10.3. The number of benzene rings is 8. The van der Waals surface area contributed by atoms with Crippen molar-refractivity contribution < 1.29 is 0 Å². The highest BCUT2D eigenvalue weighted by molar-refractivity contribution is 6.15. The Balaban J connectivity index is 0.985. The Morgan fingerprint density at radius 3 is 1.94 bits per heavy atom. The second-order valence-corrected chi connectivity index (χ2v) is 16.7. The predicted molar refractivity (Wildman–Crippen MR) is 257 cm³/mol. The highest BCUT2D eigenvalue weighted by atomic mass is 15.2. The molecule has 2 aromatic heterocycles. The fourth-order valence-electron chi connectivity index (χ4n) is 10.1. The van der Waals surface area contributed by atoms with Crippen LogP contribution in [0.1, 0.15) is 30.1 Å². The first-order valence-electron chi connectivity index (χ1n) is 21.6. The van der Waals surface area contributed by atoms with Crippen molar-refractivity contribution in [3.63, 3.8) is 0 Å². The molecule has 0 saturated heterocycles. The normalized spacial score (nSPS) is 16.8. The van der Waals surface area contributed by atoms with E-state index in [2.05, 4.69) is 192 Å². The smallest absolute Gasteiger partial charge is 0.164 e. The first-order valence-corrected chi connectivity index (χ1v) is 21.6. The Kier molecular flexibility index (Phi) is 7.79. The minimum Gasteiger partial charge on any atom is -0.333 e. The summed E-state index contributed by atoms with van der Waals surface area (Å²) in [6, 6.07) is 57.8. The molecule has 0 saturated carbocycles. The Morgan fingerprint density at radius 2 is 1.10 bits per heavy atom. The molecule has 2 unspecified atom stereocenters. The monoisotopic (exact) mass is 793 g/mol. The van der Waals surface area contributed by atoms with E-state index in [9.17, 15) is 0 Å². The average Bonchev–Trinajstić information content (AvgIpc) is 3.83. The molecule has 0 radical (unpaired) electrons. The molecule has 5 nitrogen and oxygen atoms in total. The quantitative estimate of drug-likeness (QED) is 0.174. The van der Waals surface area contributed by atoms with Gasteiger partial charge in [-0.25, -0.2) is 15.0 Å². The maximum absolute atomic E-state index is 5.05. The third-order valence-corrected chi connectivity index (χ3v) is 13.1. The fraction of sp³-hybridized carbons (Fsp3) is 0.0702. The van der Waals surface area contributed by atoms with Gasteiger partial charge in [0.05, 0.1) is 17.1 Å². The second-order valence-electron chi connectivity index (χ2n) is 16.7. The van der Waals surface area contributed by atoms with E-state index < -0.39 is 0 Å². The summed E-state index contributed by atoms with van der Waals surface area (Å²) >= 11 is 0. The van der Waals surface area contributed by atoms with Gasteiger partial charge in [0.25, 0.3) is 0 Å². The van der Waals surface area contributed by atoms with Crippen molar-refractivity contribution in [1.82, 2.24) is 19.5 Å². The van der Waals surface area contributed by atoms with Crippen LogP contribution in [0.25, 0.3) is 88.2 Å². The number of nitrogens with zero attached hydrogens (tertiary/aromatic N) is 5. The van der Waals surface area contributed by atoms with Crippen molar-refractivity contribution in [3.05, 3.63) is 212 Å². The Labute approximate surface area is 359 Å². The molecule has 62 heavy (non-hydrogen) atoms. The predicted octanol–water partition coefficient (Wildman–Crippen LogP) is 14.2. The van der Waals surface area contributed by atoms with Gasteiger partial charge >= 0.3 is 0 Å². The van der Waals surface area contributed by atoms with Crippen molar-refractivity contribution in [1.29, 1.82) is 0 Å². The van der Waals surface area contributed by atoms with Crippen molar-refractivity contribution in [3.8, 4) is 28.5 Å². The van der Waals surface area contributed by atoms with Crippen molar-refractivity contribution in [2.24, 2.45) is 0 Å². The van der Waals surface area contributed by atoms with Gasteiger partial charge in [0.2, 0.25) is 0 Å². The number of hydrogen-bond donors (Lipinski definition) is 0. The average molecular weight is 794 g/mol. The van der Waals surface area contributed by atoms with Crippen molar-refractivity contribution in [2.75, 3.05) is 4.90 Å². The van der Waals surface area contributed by atoms with Gasteiger partial charge in [0, 0.05) is 50.5 Å². The molecule has 3 heterocycles. The lowest BCUT2D eigenvalue weighted by atomic mass is 9.90. The van der Waals surface area contributed by atoms with Gasteiger partial charge in [0.1, 0.15) is 0 Å². The molecule has 0 amide bonds. The largest absolute Gasteiger partial charge is 0.333 e. The number of anilines is 2. The van der Waals surface area contributed by atoms with Gasteiger partial charge in [-0.2, -0.15) is 0 Å². The topological polar surface area (TPSA) is 46.8 Å². The Hall–Kier alpha value is -7.89. The summed E-state index contributed by atoms with van der Waals surface area (Å²) in [4.78, 5) is 17.6. The summed E-state index contributed by atoms with van der Waals surface area (Å²) in [5, 5.41) is 9.78. The molecule has 0 N–H and O–H groups in total. The van der Waals surface area contributed by atoms with Crippen molar-refractivity contribution in [2.45, 2.75) is 24.8 Å². The van der Waals surface area contributed by atoms with E-state index in [1.165, 1.54) is 60.3 Å². The minimum absolute atomic E-state index is 0.193. The molecule has 5 heteroatoms. The molecule has 10 aromatic rings. The molecule has 0 fully saturated rings. The zero-order chi connectivity index (χ0) is 40.7. The molecule has 292 valence electrons. The standard InChI is InChI=1S/C57H39N5/c1-3-14-37(15-4-1)55-58-56(38-16-5-2-6-17-38)60-57(59-55)44-24-23-43-31-46(28-26-42(43)29-44)62-52-33-41-20-10-9-19-40(41)32-48(52)50-34-49-47-21-11-12-22-51(47)61(53(49)35-54(50)62)45-27-25-36-13-7-8-18-39(36)30-45/h1,3-5,7-35,47,51H,2,6H2. The third kappa shape index (κ3) is 5.59. The third-order valence-electron chi connectivity index (χ3n) is 13.1. The van der Waals surface area contributed by atoms with E-state index in [-0.39, 0.29) is 12.0 Å². The van der Waals surface area contributed by atoms with Gasteiger partial charge in [0.15, 0.2) is 17.5 Å². The van der Waals surface area contributed by atoms with Gasteiger partial charge in [-0.3, -0.25) is 0 Å². The summed E-state index contributed by atoms with van der Waals surface area (Å²) < 4.78 is 2.48. The van der Waals surface area contributed by atoms with Gasteiger partial charge < -0.3 is 9.47 Å². The summed E-state index contributed by atoms with van der Waals surface area (Å²) in [6.07, 6.45) is 17.7. The number of rotatable bonds is 5. The minimum atomic E-state index is 0.193. The first kappa shape index (κ1) is 34.9. The molecule has 3 aliphatic rings. The van der Waals surface area contributed by atoms with Crippen LogP contribution in [-0.4, -0.2) is 25.6 Å². The SMILES string of the molecule is C1=CC2c3cc4c5cc6ccccc6cc5n(-c5ccc6cc(-c7nc(C8=CCCC=C8)nc(-c8ccccc8)n7)ccc6c5)c4cc3N(c3ccc4ccccc4c3)C2C=C1. The molecule has 0 spiro atoms. The van der Waals surface area contributed by atoms with Crippen molar-refractivity contribution >= 4 is 71.1 Å². The van der Waals surface area contributed by atoms with Crippen LogP contribution in [0.3, 0.4) is 0 Å². The van der Waals surface area contributed by atoms with Gasteiger partial charge in [-0.1, -0.05) is 146 Å². The van der Waals surface area contributed by atoms with E-state index in [0.717, 1.165) is 46.0 Å². The highest BCUT2D eigenvalue weighted by Crippen LogP contribution is 2.51. The first-order chi connectivity index (χ1) is 30.7. The molecule has 2 aliphatic carbocycles. The van der Waals surface area contributed by atoms with E-state index in [1.807, 2.05) is 18.2 Å². The Morgan fingerprint density at radius 1 is 0.468 bits per heavy atom. The molecular formula is C57H39N5. The van der Waals surface area contributed by atoms with Crippen LogP contribution < -0.4 is 4.90 Å². The van der Waals surface area contributed by atoms with E-state index >= 15 is 0 Å². The molecule has 1 aliphatic heterocycles. The lowest BCUT2D eigenvalue weighted by molar-refractivity contribution is 0.745. The lowest BCUT2D eigenvalue weighted by Gasteiger charge is -2.29. The van der Waals surface area contributed by atoms with Gasteiger partial charge in [-0.15, -0.1) is 0 Å². The van der Waals surface area contributed by atoms with E-state index in [1.54, 1.807) is 0 Å². The zero-order valence-electron chi connectivity index (χ0n) is 33.9. The van der Waals surface area contributed by atoms with Crippen LogP contribution >= 0.6 is 0 Å². The Bertz CT molecular complexity index is 3610. The summed E-state index contributed by atoms with van der Waals surface area (Å²) in [6.45, 7) is 0. The van der Waals surface area contributed by atoms with Crippen LogP contribution in [0.15, 0.2) is 200 Å². The van der Waals surface area contributed by atoms with E-state index in [4.69, 9.17) is 15.0 Å². The highest BCUT2D eigenvalue weighted by Gasteiger charge is 2.38. The maximum atomic E-state index is 5.05.